The predicted octanol–water partition coefficient (Wildman–Crippen LogP) is 2.54. The number of nitrogens with zero attached hydrogens (tertiary/aromatic N) is 2. The molecule has 0 aliphatic carbocycles. The summed E-state index contributed by atoms with van der Waals surface area (Å²) in [5, 5.41) is 2.68. The first-order valence-electron chi connectivity index (χ1n) is 9.01. The van der Waals surface area contributed by atoms with Gasteiger partial charge in [-0.15, -0.1) is 0 Å². The van der Waals surface area contributed by atoms with Crippen molar-refractivity contribution in [3.63, 3.8) is 0 Å². The molecular weight excluding hydrogens is 318 g/mol. The molecule has 0 aromatic heterocycles. The second-order valence-corrected chi connectivity index (χ2v) is 6.81. The lowest BCUT2D eigenvalue weighted by molar-refractivity contribution is -0.123. The number of rotatable bonds is 4. The minimum absolute atomic E-state index is 0.127. The quantitative estimate of drug-likeness (QED) is 0.853. The fourth-order valence-corrected chi connectivity index (χ4v) is 3.92. The highest BCUT2D eigenvalue weighted by Gasteiger charge is 2.44. The van der Waals surface area contributed by atoms with Crippen molar-refractivity contribution < 1.29 is 14.4 Å². The topological polar surface area (TPSA) is 69.7 Å². The van der Waals surface area contributed by atoms with Crippen molar-refractivity contribution in [2.45, 2.75) is 58.0 Å². The summed E-state index contributed by atoms with van der Waals surface area (Å²) in [4.78, 5) is 40.1. The molecule has 2 atom stereocenters. The van der Waals surface area contributed by atoms with E-state index >= 15 is 0 Å². The molecule has 6 heteroatoms. The van der Waals surface area contributed by atoms with Gasteiger partial charge in [0.1, 0.15) is 0 Å². The Morgan fingerprint density at radius 2 is 1.92 bits per heavy atom. The van der Waals surface area contributed by atoms with Crippen molar-refractivity contribution in [2.24, 2.45) is 0 Å². The van der Waals surface area contributed by atoms with Gasteiger partial charge >= 0.3 is 0 Å². The predicted molar refractivity (Wildman–Crippen MR) is 96.3 cm³/mol. The minimum atomic E-state index is -0.340. The number of hydrogen-bond acceptors (Lipinski definition) is 4. The second kappa shape index (κ2) is 7.35. The highest BCUT2D eigenvalue weighted by atomic mass is 16.2. The van der Waals surface area contributed by atoms with Crippen LogP contribution >= 0.6 is 0 Å². The highest BCUT2D eigenvalue weighted by Crippen LogP contribution is 2.31. The molecule has 25 heavy (non-hydrogen) atoms. The average molecular weight is 343 g/mol. The van der Waals surface area contributed by atoms with Gasteiger partial charge in [0.2, 0.25) is 11.8 Å². The van der Waals surface area contributed by atoms with E-state index in [1.807, 2.05) is 0 Å². The lowest BCUT2D eigenvalue weighted by atomic mass is 9.97. The fraction of sp³-hybridized carbons (Fsp3) is 0.526. The number of benzene rings is 1. The van der Waals surface area contributed by atoms with Crippen LogP contribution in [0.1, 0.15) is 46.0 Å². The van der Waals surface area contributed by atoms with Crippen LogP contribution in [0.25, 0.3) is 0 Å². The molecule has 6 nitrogen and oxygen atoms in total. The smallest absolute Gasteiger partial charge is 0.251 e. The third-order valence-electron chi connectivity index (χ3n) is 5.11. The Bertz CT molecular complexity index is 671. The molecule has 0 bridgehead atoms. The Hall–Kier alpha value is -2.21. The lowest BCUT2D eigenvalue weighted by Gasteiger charge is -2.38. The number of carbonyl (C=O) groups is 3. The second-order valence-electron chi connectivity index (χ2n) is 6.81. The number of imide groups is 1. The van der Waals surface area contributed by atoms with E-state index in [4.69, 9.17) is 0 Å². The first-order chi connectivity index (χ1) is 12.0. The SMILES string of the molecule is CC[C@@H]1CCCCN1[C@H]1CC(=O)N(c2ccc(NC(C)=O)cc2)C1=O. The molecule has 3 rings (SSSR count). The fourth-order valence-electron chi connectivity index (χ4n) is 3.92. The Morgan fingerprint density at radius 3 is 2.56 bits per heavy atom. The molecule has 1 N–H and O–H groups in total. The van der Waals surface area contributed by atoms with Crippen molar-refractivity contribution in [2.75, 3.05) is 16.8 Å². The number of piperidine rings is 1. The van der Waals surface area contributed by atoms with E-state index in [-0.39, 0.29) is 30.2 Å². The van der Waals surface area contributed by atoms with E-state index in [0.29, 0.717) is 17.4 Å². The zero-order valence-corrected chi connectivity index (χ0v) is 14.8. The van der Waals surface area contributed by atoms with Crippen LogP contribution in [0.15, 0.2) is 24.3 Å². The van der Waals surface area contributed by atoms with Crippen LogP contribution in [-0.2, 0) is 14.4 Å². The van der Waals surface area contributed by atoms with Gasteiger partial charge in [-0.3, -0.25) is 19.3 Å². The van der Waals surface area contributed by atoms with Gasteiger partial charge in [-0.05, 0) is 50.1 Å². The molecule has 2 aliphatic rings. The summed E-state index contributed by atoms with van der Waals surface area (Å²) >= 11 is 0. The molecule has 134 valence electrons. The van der Waals surface area contributed by atoms with Crippen LogP contribution in [0.2, 0.25) is 0 Å². The summed E-state index contributed by atoms with van der Waals surface area (Å²) in [5.74, 6) is -0.433. The van der Waals surface area contributed by atoms with E-state index in [0.717, 1.165) is 25.8 Å². The van der Waals surface area contributed by atoms with Crippen LogP contribution in [-0.4, -0.2) is 41.2 Å². The average Bonchev–Trinajstić information content (AvgIpc) is 2.89. The van der Waals surface area contributed by atoms with Gasteiger partial charge in [-0.25, -0.2) is 4.90 Å². The molecular formula is C19H25N3O3. The summed E-state index contributed by atoms with van der Waals surface area (Å²) in [7, 11) is 0. The first kappa shape index (κ1) is 17.6. The van der Waals surface area contributed by atoms with Gasteiger partial charge in [0.25, 0.3) is 5.91 Å². The Morgan fingerprint density at radius 1 is 1.20 bits per heavy atom. The first-order valence-corrected chi connectivity index (χ1v) is 9.01. The number of nitrogens with one attached hydrogen (secondary N) is 1. The highest BCUT2D eigenvalue weighted by molar-refractivity contribution is 6.22. The number of anilines is 2. The molecule has 2 heterocycles. The standard InChI is InChI=1S/C19H25N3O3/c1-3-15-6-4-5-11-21(15)17-12-18(24)22(19(17)25)16-9-7-14(8-10-16)20-13(2)23/h7-10,15,17H,3-6,11-12H2,1-2H3,(H,20,23)/t15-,17+/m1/s1. The van der Waals surface area contributed by atoms with Crippen LogP contribution in [0.4, 0.5) is 11.4 Å². The zero-order valence-electron chi connectivity index (χ0n) is 14.8. The van der Waals surface area contributed by atoms with E-state index in [9.17, 15) is 14.4 Å². The van der Waals surface area contributed by atoms with Gasteiger partial charge in [-0.2, -0.15) is 0 Å². The Labute approximate surface area is 148 Å². The zero-order chi connectivity index (χ0) is 18.0. The molecule has 0 spiro atoms. The molecule has 0 radical (unpaired) electrons. The maximum Gasteiger partial charge on any atom is 0.251 e. The van der Waals surface area contributed by atoms with E-state index in [2.05, 4.69) is 17.1 Å². The van der Waals surface area contributed by atoms with E-state index in [1.54, 1.807) is 24.3 Å². The number of hydrogen-bond donors (Lipinski definition) is 1. The maximum atomic E-state index is 12.9. The Balaban J connectivity index is 1.78. The third kappa shape index (κ3) is 3.58. The van der Waals surface area contributed by atoms with Crippen molar-refractivity contribution in [1.29, 1.82) is 0 Å². The molecule has 3 amide bonds. The van der Waals surface area contributed by atoms with Gasteiger partial charge in [0.05, 0.1) is 18.2 Å². The van der Waals surface area contributed by atoms with Crippen molar-refractivity contribution in [1.82, 2.24) is 4.90 Å². The van der Waals surface area contributed by atoms with Crippen LogP contribution in [0.3, 0.4) is 0 Å². The summed E-state index contributed by atoms with van der Waals surface area (Å²) in [5.41, 5.74) is 1.21. The Kier molecular flexibility index (Phi) is 5.18. The van der Waals surface area contributed by atoms with Crippen molar-refractivity contribution in [3.8, 4) is 0 Å². The van der Waals surface area contributed by atoms with Gasteiger partial charge < -0.3 is 5.32 Å². The van der Waals surface area contributed by atoms with Gasteiger partial charge in [0, 0.05) is 18.7 Å². The number of likely N-dealkylation sites (tertiary alicyclic amines) is 1. The molecule has 2 saturated heterocycles. The summed E-state index contributed by atoms with van der Waals surface area (Å²) < 4.78 is 0. The normalized spacial score (nSPS) is 24.6. The number of carbonyl (C=O) groups excluding carboxylic acids is 3. The molecule has 2 aliphatic heterocycles. The minimum Gasteiger partial charge on any atom is -0.326 e. The van der Waals surface area contributed by atoms with Crippen molar-refractivity contribution in [3.05, 3.63) is 24.3 Å². The van der Waals surface area contributed by atoms with E-state index < -0.39 is 0 Å². The third-order valence-corrected chi connectivity index (χ3v) is 5.11. The van der Waals surface area contributed by atoms with E-state index in [1.165, 1.54) is 18.2 Å². The maximum absolute atomic E-state index is 12.9. The molecule has 1 aromatic carbocycles. The summed E-state index contributed by atoms with van der Waals surface area (Å²) in [6.07, 6.45) is 4.63. The molecule has 2 fully saturated rings. The van der Waals surface area contributed by atoms with Gasteiger partial charge in [-0.1, -0.05) is 13.3 Å². The van der Waals surface area contributed by atoms with Crippen molar-refractivity contribution >= 4 is 29.1 Å². The van der Waals surface area contributed by atoms with Gasteiger partial charge in [0.15, 0.2) is 0 Å². The molecule has 0 unspecified atom stereocenters. The molecule has 0 saturated carbocycles. The summed E-state index contributed by atoms with van der Waals surface area (Å²) in [6, 6.07) is 6.87. The van der Waals surface area contributed by atoms with Crippen LogP contribution < -0.4 is 10.2 Å². The summed E-state index contributed by atoms with van der Waals surface area (Å²) in [6.45, 7) is 4.47. The monoisotopic (exact) mass is 343 g/mol. The lowest BCUT2D eigenvalue weighted by Crippen LogP contribution is -2.49. The van der Waals surface area contributed by atoms with Crippen LogP contribution in [0, 0.1) is 0 Å². The number of amides is 3. The largest absolute Gasteiger partial charge is 0.326 e. The van der Waals surface area contributed by atoms with Crippen LogP contribution in [0.5, 0.6) is 0 Å². The molecule has 1 aromatic rings.